The molecule has 0 atom stereocenters. The summed E-state index contributed by atoms with van der Waals surface area (Å²) in [6, 6.07) is 4.18. The number of rotatable bonds is 4. The first kappa shape index (κ1) is 14.7. The average Bonchev–Trinajstić information content (AvgIpc) is 2.27. The lowest BCUT2D eigenvalue weighted by Gasteiger charge is -2.17. The molecule has 2 nitrogen and oxygen atoms in total. The Labute approximate surface area is 110 Å². The third kappa shape index (κ3) is 3.59. The highest BCUT2D eigenvalue weighted by atomic mass is 16.5. The number of methoxy groups -OCH3 is 1. The molecule has 18 heavy (non-hydrogen) atoms. The summed E-state index contributed by atoms with van der Waals surface area (Å²) >= 11 is 0. The largest absolute Gasteiger partial charge is 0.496 e. The van der Waals surface area contributed by atoms with Crippen molar-refractivity contribution >= 4 is 5.78 Å². The van der Waals surface area contributed by atoms with Crippen LogP contribution in [0.3, 0.4) is 0 Å². The zero-order valence-corrected chi connectivity index (χ0v) is 12.4. The number of hydrogen-bond donors (Lipinski definition) is 0. The molecule has 2 heteroatoms. The summed E-state index contributed by atoms with van der Waals surface area (Å²) in [5.74, 6) is 1.23. The van der Waals surface area contributed by atoms with E-state index < -0.39 is 0 Å². The van der Waals surface area contributed by atoms with Crippen molar-refractivity contribution in [3.63, 3.8) is 0 Å². The highest BCUT2D eigenvalue weighted by Gasteiger charge is 2.20. The molecule has 1 aromatic rings. The van der Waals surface area contributed by atoms with Gasteiger partial charge in [0.15, 0.2) is 0 Å². The van der Waals surface area contributed by atoms with E-state index in [4.69, 9.17) is 4.74 Å². The first-order valence-electron chi connectivity index (χ1n) is 6.43. The van der Waals surface area contributed by atoms with E-state index in [9.17, 15) is 4.79 Å². The third-order valence-corrected chi connectivity index (χ3v) is 3.31. The Balaban J connectivity index is 2.81. The topological polar surface area (TPSA) is 26.3 Å². The summed E-state index contributed by atoms with van der Waals surface area (Å²) in [6.07, 6.45) is 1.42. The molecule has 0 radical (unpaired) electrons. The van der Waals surface area contributed by atoms with Crippen molar-refractivity contribution in [2.75, 3.05) is 7.11 Å². The molecule has 0 aliphatic carbocycles. The molecule has 0 fully saturated rings. The van der Waals surface area contributed by atoms with Gasteiger partial charge in [-0.2, -0.15) is 0 Å². The number of aryl methyl sites for hydroxylation is 3. The predicted octanol–water partition coefficient (Wildman–Crippen LogP) is 3.86. The molecule has 0 amide bonds. The lowest BCUT2D eigenvalue weighted by Crippen LogP contribution is -2.20. The highest BCUT2D eigenvalue weighted by molar-refractivity contribution is 5.83. The van der Waals surface area contributed by atoms with Gasteiger partial charge in [0, 0.05) is 11.8 Å². The molecule has 1 rings (SSSR count). The molecule has 0 unspecified atom stereocenters. The Morgan fingerprint density at radius 1 is 1.17 bits per heavy atom. The van der Waals surface area contributed by atoms with E-state index in [1.54, 1.807) is 7.11 Å². The second-order valence-electron chi connectivity index (χ2n) is 5.92. The molecule has 0 saturated carbocycles. The smallest absolute Gasteiger partial charge is 0.138 e. The van der Waals surface area contributed by atoms with E-state index in [1.165, 1.54) is 11.1 Å². The Morgan fingerprint density at radius 3 is 2.28 bits per heavy atom. The van der Waals surface area contributed by atoms with Crippen LogP contribution in [0.2, 0.25) is 0 Å². The molecule has 0 saturated heterocycles. The van der Waals surface area contributed by atoms with E-state index >= 15 is 0 Å². The lowest BCUT2D eigenvalue weighted by molar-refractivity contribution is -0.126. The fraction of sp³-hybridized carbons (Fsp3) is 0.562. The van der Waals surface area contributed by atoms with Crippen molar-refractivity contribution in [2.45, 2.75) is 47.5 Å². The van der Waals surface area contributed by atoms with E-state index in [0.717, 1.165) is 17.7 Å². The Morgan fingerprint density at radius 2 is 1.78 bits per heavy atom. The molecule has 0 N–H and O–H groups in total. The van der Waals surface area contributed by atoms with Crippen LogP contribution in [0.25, 0.3) is 0 Å². The Kier molecular flexibility index (Phi) is 4.55. The first-order valence-corrected chi connectivity index (χ1v) is 6.43. The van der Waals surface area contributed by atoms with Crippen LogP contribution in [-0.2, 0) is 11.2 Å². The van der Waals surface area contributed by atoms with E-state index in [1.807, 2.05) is 33.8 Å². The molecule has 0 aromatic heterocycles. The first-order chi connectivity index (χ1) is 8.25. The number of benzene rings is 1. The highest BCUT2D eigenvalue weighted by Crippen LogP contribution is 2.25. The van der Waals surface area contributed by atoms with Crippen LogP contribution in [0.15, 0.2) is 12.1 Å². The van der Waals surface area contributed by atoms with Gasteiger partial charge in [0.2, 0.25) is 0 Å². The SMILES string of the molecule is COc1cc(C)c(CCC(=O)C(C)(C)C)cc1C. The maximum absolute atomic E-state index is 11.9. The van der Waals surface area contributed by atoms with Crippen LogP contribution in [0, 0.1) is 19.3 Å². The quantitative estimate of drug-likeness (QED) is 0.808. The summed E-state index contributed by atoms with van der Waals surface area (Å²) in [5, 5.41) is 0. The van der Waals surface area contributed by atoms with Gasteiger partial charge in [-0.3, -0.25) is 4.79 Å². The average molecular weight is 248 g/mol. The summed E-state index contributed by atoms with van der Waals surface area (Å²) in [6.45, 7) is 10.0. The van der Waals surface area contributed by atoms with Gasteiger partial charge in [-0.25, -0.2) is 0 Å². The minimum Gasteiger partial charge on any atom is -0.496 e. The molecule has 0 aliphatic heterocycles. The number of ketones is 1. The molecular formula is C16H24O2. The maximum atomic E-state index is 11.9. The summed E-state index contributed by atoms with van der Waals surface area (Å²) in [7, 11) is 1.69. The van der Waals surface area contributed by atoms with Crippen LogP contribution in [0.5, 0.6) is 5.75 Å². The monoisotopic (exact) mass is 248 g/mol. The van der Waals surface area contributed by atoms with Crippen LogP contribution < -0.4 is 4.74 Å². The molecule has 0 spiro atoms. The van der Waals surface area contributed by atoms with Crippen molar-refractivity contribution in [3.05, 3.63) is 28.8 Å². The minimum atomic E-state index is -0.241. The van der Waals surface area contributed by atoms with Gasteiger partial charge >= 0.3 is 0 Å². The Hall–Kier alpha value is -1.31. The van der Waals surface area contributed by atoms with Crippen LogP contribution in [0.1, 0.15) is 43.9 Å². The van der Waals surface area contributed by atoms with Crippen LogP contribution in [-0.4, -0.2) is 12.9 Å². The summed E-state index contributed by atoms with van der Waals surface area (Å²) < 4.78 is 5.29. The van der Waals surface area contributed by atoms with Crippen molar-refractivity contribution in [2.24, 2.45) is 5.41 Å². The Bertz CT molecular complexity index is 439. The normalized spacial score (nSPS) is 11.4. The maximum Gasteiger partial charge on any atom is 0.138 e. The second kappa shape index (κ2) is 5.55. The van der Waals surface area contributed by atoms with Gasteiger partial charge in [0.25, 0.3) is 0 Å². The molecule has 0 bridgehead atoms. The molecular weight excluding hydrogens is 224 g/mol. The van der Waals surface area contributed by atoms with Gasteiger partial charge in [-0.15, -0.1) is 0 Å². The van der Waals surface area contributed by atoms with E-state index in [0.29, 0.717) is 12.2 Å². The third-order valence-electron chi connectivity index (χ3n) is 3.31. The molecule has 100 valence electrons. The van der Waals surface area contributed by atoms with E-state index in [2.05, 4.69) is 13.0 Å². The minimum absolute atomic E-state index is 0.241. The van der Waals surface area contributed by atoms with Gasteiger partial charge < -0.3 is 4.74 Å². The fourth-order valence-electron chi connectivity index (χ4n) is 1.96. The van der Waals surface area contributed by atoms with E-state index in [-0.39, 0.29) is 5.41 Å². The van der Waals surface area contributed by atoms with Crippen molar-refractivity contribution < 1.29 is 9.53 Å². The van der Waals surface area contributed by atoms with Gasteiger partial charge in [0.1, 0.15) is 11.5 Å². The second-order valence-corrected chi connectivity index (χ2v) is 5.92. The van der Waals surface area contributed by atoms with Crippen LogP contribution >= 0.6 is 0 Å². The van der Waals surface area contributed by atoms with Crippen LogP contribution in [0.4, 0.5) is 0 Å². The standard InChI is InChI=1S/C16H24O2/c1-11-10-14(18-6)12(2)9-13(11)7-8-15(17)16(3,4)5/h9-10H,7-8H2,1-6H3. The van der Waals surface area contributed by atoms with Crippen molar-refractivity contribution in [1.82, 2.24) is 0 Å². The summed E-state index contributed by atoms with van der Waals surface area (Å²) in [4.78, 5) is 11.9. The molecule has 0 aliphatic rings. The van der Waals surface area contributed by atoms with Crippen molar-refractivity contribution in [3.8, 4) is 5.75 Å². The lowest BCUT2D eigenvalue weighted by atomic mass is 9.87. The van der Waals surface area contributed by atoms with Gasteiger partial charge in [-0.05, 0) is 43.0 Å². The number of carbonyl (C=O) groups excluding carboxylic acids is 1. The number of ether oxygens (including phenoxy) is 1. The predicted molar refractivity (Wildman–Crippen MR) is 75.3 cm³/mol. The number of hydrogen-bond acceptors (Lipinski definition) is 2. The molecule has 0 heterocycles. The summed E-state index contributed by atoms with van der Waals surface area (Å²) in [5.41, 5.74) is 3.32. The number of carbonyl (C=O) groups is 1. The van der Waals surface area contributed by atoms with Crippen molar-refractivity contribution in [1.29, 1.82) is 0 Å². The van der Waals surface area contributed by atoms with Gasteiger partial charge in [0.05, 0.1) is 7.11 Å². The zero-order chi connectivity index (χ0) is 13.9. The molecule has 1 aromatic carbocycles. The number of Topliss-reactive ketones (excluding diaryl/α,β-unsaturated/α-hetero) is 1. The van der Waals surface area contributed by atoms with Gasteiger partial charge in [-0.1, -0.05) is 26.8 Å². The zero-order valence-electron chi connectivity index (χ0n) is 12.4. The fourth-order valence-corrected chi connectivity index (χ4v) is 1.96.